The van der Waals surface area contributed by atoms with Crippen LogP contribution in [0.5, 0.6) is 5.75 Å². The van der Waals surface area contributed by atoms with Crippen molar-refractivity contribution in [3.05, 3.63) is 59.4 Å². The molecule has 0 bridgehead atoms. The van der Waals surface area contributed by atoms with Gasteiger partial charge in [0.2, 0.25) is 0 Å². The van der Waals surface area contributed by atoms with Gasteiger partial charge in [-0.2, -0.15) is 0 Å². The second-order valence-electron chi connectivity index (χ2n) is 4.73. The van der Waals surface area contributed by atoms with Crippen LogP contribution in [0.2, 0.25) is 0 Å². The van der Waals surface area contributed by atoms with Crippen molar-refractivity contribution in [3.63, 3.8) is 0 Å². The number of pyridine rings is 1. The monoisotopic (exact) mass is 256 g/mol. The lowest BCUT2D eigenvalue weighted by Gasteiger charge is -2.14. The van der Waals surface area contributed by atoms with Gasteiger partial charge in [0.25, 0.3) is 0 Å². The van der Waals surface area contributed by atoms with Crippen molar-refractivity contribution >= 4 is 0 Å². The highest BCUT2D eigenvalue weighted by Gasteiger charge is 2.12. The third-order valence-corrected chi connectivity index (χ3v) is 3.20. The van der Waals surface area contributed by atoms with Gasteiger partial charge in [0.15, 0.2) is 0 Å². The second-order valence-corrected chi connectivity index (χ2v) is 4.73. The number of ether oxygens (including phenoxy) is 1. The molecule has 0 aliphatic heterocycles. The summed E-state index contributed by atoms with van der Waals surface area (Å²) >= 11 is 0. The zero-order valence-corrected chi connectivity index (χ0v) is 11.5. The summed E-state index contributed by atoms with van der Waals surface area (Å²) in [5, 5.41) is 0. The summed E-state index contributed by atoms with van der Waals surface area (Å²) < 4.78 is 5.30. The molecule has 19 heavy (non-hydrogen) atoms. The van der Waals surface area contributed by atoms with Crippen LogP contribution in [0.25, 0.3) is 0 Å². The van der Waals surface area contributed by atoms with E-state index in [0.717, 1.165) is 24.3 Å². The van der Waals surface area contributed by atoms with Crippen molar-refractivity contribution < 1.29 is 4.74 Å². The number of nitrogens with zero attached hydrogens (tertiary/aromatic N) is 1. The maximum absolute atomic E-state index is 6.21. The Morgan fingerprint density at radius 3 is 2.84 bits per heavy atom. The Labute approximate surface area is 114 Å². The molecule has 1 atom stereocenters. The number of nitrogens with two attached hydrogens (primary N) is 1. The Hall–Kier alpha value is -1.87. The van der Waals surface area contributed by atoms with E-state index >= 15 is 0 Å². The number of benzene rings is 1. The van der Waals surface area contributed by atoms with Crippen molar-refractivity contribution in [1.82, 2.24) is 4.98 Å². The van der Waals surface area contributed by atoms with E-state index < -0.39 is 0 Å². The molecule has 0 saturated heterocycles. The first-order valence-electron chi connectivity index (χ1n) is 6.50. The summed E-state index contributed by atoms with van der Waals surface area (Å²) in [7, 11) is 1.65. The fourth-order valence-corrected chi connectivity index (χ4v) is 2.18. The summed E-state index contributed by atoms with van der Waals surface area (Å²) in [5.41, 5.74) is 9.64. The van der Waals surface area contributed by atoms with E-state index in [9.17, 15) is 0 Å². The maximum Gasteiger partial charge on any atom is 0.141 e. The highest BCUT2D eigenvalue weighted by Crippen LogP contribution is 2.24. The fraction of sp³-hybridized carbons (Fsp3) is 0.312. The smallest absolute Gasteiger partial charge is 0.141 e. The minimum Gasteiger partial charge on any atom is -0.495 e. The lowest BCUT2D eigenvalue weighted by Crippen LogP contribution is -2.14. The Balaban J connectivity index is 2.03. The summed E-state index contributed by atoms with van der Waals surface area (Å²) in [6.45, 7) is 2.10. The van der Waals surface area contributed by atoms with Crippen LogP contribution in [0.1, 0.15) is 29.3 Å². The van der Waals surface area contributed by atoms with Crippen molar-refractivity contribution in [3.8, 4) is 5.75 Å². The summed E-state index contributed by atoms with van der Waals surface area (Å²) in [4.78, 5) is 4.33. The van der Waals surface area contributed by atoms with Gasteiger partial charge in [0, 0.05) is 6.20 Å². The average Bonchev–Trinajstić information content (AvgIpc) is 2.45. The molecule has 1 unspecified atom stereocenters. The molecule has 2 aromatic rings. The van der Waals surface area contributed by atoms with Gasteiger partial charge in [-0.1, -0.05) is 29.8 Å². The SMILES string of the molecule is COc1cccnc1C(N)CCc1cccc(C)c1. The molecule has 0 saturated carbocycles. The van der Waals surface area contributed by atoms with Crippen LogP contribution in [0.4, 0.5) is 0 Å². The van der Waals surface area contributed by atoms with E-state index in [-0.39, 0.29) is 6.04 Å². The highest BCUT2D eigenvalue weighted by atomic mass is 16.5. The Morgan fingerprint density at radius 2 is 2.11 bits per heavy atom. The van der Waals surface area contributed by atoms with Gasteiger partial charge in [0.1, 0.15) is 5.75 Å². The number of rotatable bonds is 5. The molecule has 100 valence electrons. The molecule has 1 heterocycles. The highest BCUT2D eigenvalue weighted by molar-refractivity contribution is 5.29. The van der Waals surface area contributed by atoms with Crippen LogP contribution in [0.15, 0.2) is 42.6 Å². The topological polar surface area (TPSA) is 48.1 Å². The zero-order chi connectivity index (χ0) is 13.7. The van der Waals surface area contributed by atoms with Crippen molar-refractivity contribution in [2.75, 3.05) is 7.11 Å². The Morgan fingerprint density at radius 1 is 1.26 bits per heavy atom. The first kappa shape index (κ1) is 13.6. The van der Waals surface area contributed by atoms with Gasteiger partial charge >= 0.3 is 0 Å². The Bertz CT molecular complexity index is 540. The normalized spacial score (nSPS) is 12.2. The van der Waals surface area contributed by atoms with Crippen molar-refractivity contribution in [2.45, 2.75) is 25.8 Å². The van der Waals surface area contributed by atoms with Gasteiger partial charge in [0.05, 0.1) is 18.8 Å². The van der Waals surface area contributed by atoms with Crippen molar-refractivity contribution in [2.24, 2.45) is 5.73 Å². The van der Waals surface area contributed by atoms with E-state index in [4.69, 9.17) is 10.5 Å². The Kier molecular flexibility index (Phi) is 4.53. The minimum absolute atomic E-state index is 0.100. The molecule has 0 amide bonds. The molecule has 0 aliphatic carbocycles. The molecule has 2 rings (SSSR count). The number of aryl methyl sites for hydroxylation is 2. The standard InChI is InChI=1S/C16H20N2O/c1-12-5-3-6-13(11-12)8-9-14(17)16-15(19-2)7-4-10-18-16/h3-7,10-11,14H,8-9,17H2,1-2H3. The first-order chi connectivity index (χ1) is 9.20. The summed E-state index contributed by atoms with van der Waals surface area (Å²) in [6, 6.07) is 12.2. The summed E-state index contributed by atoms with van der Waals surface area (Å²) in [5.74, 6) is 0.763. The molecule has 0 spiro atoms. The van der Waals surface area contributed by atoms with Crippen LogP contribution < -0.4 is 10.5 Å². The quantitative estimate of drug-likeness (QED) is 0.894. The molecule has 3 heteroatoms. The van der Waals surface area contributed by atoms with Crippen LogP contribution in [-0.4, -0.2) is 12.1 Å². The molecule has 1 aromatic heterocycles. The lowest BCUT2D eigenvalue weighted by molar-refractivity contribution is 0.400. The number of hydrogen-bond acceptors (Lipinski definition) is 3. The van der Waals surface area contributed by atoms with Gasteiger partial charge in [-0.25, -0.2) is 0 Å². The molecule has 1 aromatic carbocycles. The third kappa shape index (κ3) is 3.55. The van der Waals surface area contributed by atoms with Crippen molar-refractivity contribution in [1.29, 1.82) is 0 Å². The number of aromatic nitrogens is 1. The van der Waals surface area contributed by atoms with E-state index in [1.807, 2.05) is 12.1 Å². The van der Waals surface area contributed by atoms with E-state index in [0.29, 0.717) is 0 Å². The zero-order valence-electron chi connectivity index (χ0n) is 11.5. The predicted molar refractivity (Wildman–Crippen MR) is 77.2 cm³/mol. The molecular weight excluding hydrogens is 236 g/mol. The first-order valence-corrected chi connectivity index (χ1v) is 6.50. The predicted octanol–water partition coefficient (Wildman–Crippen LogP) is 3.03. The van der Waals surface area contributed by atoms with Gasteiger partial charge in [-0.3, -0.25) is 4.98 Å². The summed E-state index contributed by atoms with van der Waals surface area (Å²) in [6.07, 6.45) is 3.56. The maximum atomic E-state index is 6.21. The van der Waals surface area contributed by atoms with E-state index in [2.05, 4.69) is 36.2 Å². The van der Waals surface area contributed by atoms with E-state index in [1.165, 1.54) is 11.1 Å². The lowest BCUT2D eigenvalue weighted by atomic mass is 10.0. The van der Waals surface area contributed by atoms with Crippen LogP contribution in [0, 0.1) is 6.92 Å². The van der Waals surface area contributed by atoms with Gasteiger partial charge in [-0.05, 0) is 37.5 Å². The molecule has 0 fully saturated rings. The molecule has 0 radical (unpaired) electrons. The molecule has 0 aliphatic rings. The molecular formula is C16H20N2O. The minimum atomic E-state index is -0.100. The number of methoxy groups -OCH3 is 1. The van der Waals surface area contributed by atoms with Gasteiger partial charge in [-0.15, -0.1) is 0 Å². The largest absolute Gasteiger partial charge is 0.495 e. The van der Waals surface area contributed by atoms with Crippen LogP contribution in [-0.2, 0) is 6.42 Å². The van der Waals surface area contributed by atoms with Crippen LogP contribution >= 0.6 is 0 Å². The molecule has 3 nitrogen and oxygen atoms in total. The van der Waals surface area contributed by atoms with Gasteiger partial charge < -0.3 is 10.5 Å². The number of hydrogen-bond donors (Lipinski definition) is 1. The second kappa shape index (κ2) is 6.34. The average molecular weight is 256 g/mol. The van der Waals surface area contributed by atoms with Crippen LogP contribution in [0.3, 0.4) is 0 Å². The fourth-order valence-electron chi connectivity index (χ4n) is 2.18. The third-order valence-electron chi connectivity index (χ3n) is 3.20. The van der Waals surface area contributed by atoms with E-state index in [1.54, 1.807) is 13.3 Å². The molecule has 2 N–H and O–H groups in total.